The van der Waals surface area contributed by atoms with Gasteiger partial charge in [-0.15, -0.1) is 0 Å². The van der Waals surface area contributed by atoms with Crippen molar-refractivity contribution in [1.29, 1.82) is 0 Å². The second-order valence-corrected chi connectivity index (χ2v) is 4.76. The Morgan fingerprint density at radius 1 is 1.61 bits per heavy atom. The zero-order valence-corrected chi connectivity index (χ0v) is 11.5. The van der Waals surface area contributed by atoms with E-state index in [0.717, 1.165) is 0 Å². The summed E-state index contributed by atoms with van der Waals surface area (Å²) >= 11 is 6.07. The fourth-order valence-corrected chi connectivity index (χ4v) is 1.77. The van der Waals surface area contributed by atoms with Crippen LogP contribution in [0.3, 0.4) is 0 Å². The number of anilines is 2. The molecule has 0 aliphatic heterocycles. The number of hydrogen-bond donors (Lipinski definition) is 2. The van der Waals surface area contributed by atoms with E-state index in [1.165, 1.54) is 6.20 Å². The van der Waals surface area contributed by atoms with Crippen LogP contribution in [0.4, 0.5) is 11.8 Å². The molecule has 6 nitrogen and oxygen atoms in total. The summed E-state index contributed by atoms with van der Waals surface area (Å²) in [6.45, 7) is 4.81. The number of rotatable bonds is 6. The maximum Gasteiger partial charge on any atom is 0.236 e. The van der Waals surface area contributed by atoms with Crippen molar-refractivity contribution >= 4 is 29.3 Å². The van der Waals surface area contributed by atoms with E-state index in [9.17, 15) is 4.79 Å². The molecule has 1 aromatic rings. The van der Waals surface area contributed by atoms with Crippen molar-refractivity contribution in [3.8, 4) is 0 Å². The number of primary amides is 1. The van der Waals surface area contributed by atoms with Crippen LogP contribution in [0.2, 0.25) is 5.02 Å². The molecule has 1 aromatic heterocycles. The number of carbonyl (C=O) groups is 1. The maximum atomic E-state index is 11.1. The molecule has 0 aliphatic rings. The van der Waals surface area contributed by atoms with E-state index in [1.54, 1.807) is 11.9 Å². The highest BCUT2D eigenvalue weighted by molar-refractivity contribution is 6.32. The molecule has 0 fully saturated rings. The first-order valence-corrected chi connectivity index (χ1v) is 6.05. The van der Waals surface area contributed by atoms with Crippen molar-refractivity contribution in [2.75, 3.05) is 30.4 Å². The van der Waals surface area contributed by atoms with Gasteiger partial charge in [-0.1, -0.05) is 25.4 Å². The quantitative estimate of drug-likeness (QED) is 0.810. The Labute approximate surface area is 112 Å². The molecule has 3 N–H and O–H groups in total. The van der Waals surface area contributed by atoms with Crippen LogP contribution in [0.1, 0.15) is 13.8 Å². The molecule has 0 saturated carbocycles. The largest absolute Gasteiger partial charge is 0.368 e. The number of halogens is 1. The Bertz CT molecular complexity index is 424. The number of aromatic nitrogens is 2. The number of hydrogen-bond acceptors (Lipinski definition) is 5. The van der Waals surface area contributed by atoms with Crippen molar-refractivity contribution < 1.29 is 4.79 Å². The molecular formula is C11H18ClN5O. The lowest BCUT2D eigenvalue weighted by Gasteiger charge is -2.25. The highest BCUT2D eigenvalue weighted by atomic mass is 35.5. The molecule has 0 radical (unpaired) electrons. The van der Waals surface area contributed by atoms with Crippen LogP contribution in [-0.2, 0) is 4.79 Å². The highest BCUT2D eigenvalue weighted by Crippen LogP contribution is 2.24. The summed E-state index contributed by atoms with van der Waals surface area (Å²) in [5.74, 6) is 0.904. The molecule has 7 heteroatoms. The summed E-state index contributed by atoms with van der Waals surface area (Å²) in [5.41, 5.74) is 5.24. The molecule has 0 saturated heterocycles. The fourth-order valence-electron chi connectivity index (χ4n) is 1.56. The van der Waals surface area contributed by atoms with Gasteiger partial charge in [-0.25, -0.2) is 4.98 Å². The van der Waals surface area contributed by atoms with E-state index in [4.69, 9.17) is 17.3 Å². The monoisotopic (exact) mass is 271 g/mol. The fraction of sp³-hybridized carbons (Fsp3) is 0.545. The first kappa shape index (κ1) is 14.5. The minimum absolute atomic E-state index is 0.0814. The molecule has 0 spiro atoms. The molecule has 0 aromatic carbocycles. The second kappa shape index (κ2) is 6.39. The number of carbonyl (C=O) groups excluding carboxylic acids is 1. The van der Waals surface area contributed by atoms with Gasteiger partial charge in [-0.05, 0) is 5.92 Å². The van der Waals surface area contributed by atoms with Gasteiger partial charge >= 0.3 is 0 Å². The van der Waals surface area contributed by atoms with Gasteiger partial charge in [0, 0.05) is 13.6 Å². The van der Waals surface area contributed by atoms with Crippen molar-refractivity contribution in [2.45, 2.75) is 13.8 Å². The van der Waals surface area contributed by atoms with Crippen LogP contribution in [-0.4, -0.2) is 36.0 Å². The van der Waals surface area contributed by atoms with Crippen LogP contribution < -0.4 is 16.0 Å². The molecule has 0 atom stereocenters. The predicted octanol–water partition coefficient (Wildman–Crippen LogP) is 1.12. The third kappa shape index (κ3) is 4.03. The summed E-state index contributed by atoms with van der Waals surface area (Å²) in [6.07, 6.45) is 1.50. The van der Waals surface area contributed by atoms with Gasteiger partial charge in [-0.3, -0.25) is 4.79 Å². The van der Waals surface area contributed by atoms with Crippen LogP contribution >= 0.6 is 11.6 Å². The average Bonchev–Trinajstić information content (AvgIpc) is 2.27. The summed E-state index contributed by atoms with van der Waals surface area (Å²) in [7, 11) is 1.72. The van der Waals surface area contributed by atoms with E-state index in [-0.39, 0.29) is 6.54 Å². The molecule has 100 valence electrons. The molecule has 0 bridgehead atoms. The van der Waals surface area contributed by atoms with E-state index in [1.807, 2.05) is 13.8 Å². The Morgan fingerprint density at radius 2 is 2.28 bits per heavy atom. The summed E-state index contributed by atoms with van der Waals surface area (Å²) in [6, 6.07) is 0. The van der Waals surface area contributed by atoms with Gasteiger partial charge in [0.15, 0.2) is 5.82 Å². The number of nitrogens with two attached hydrogens (primary N) is 1. The molecule has 1 rings (SSSR count). The first-order chi connectivity index (χ1) is 8.43. The van der Waals surface area contributed by atoms with Crippen molar-refractivity contribution in [3.05, 3.63) is 11.2 Å². The average molecular weight is 272 g/mol. The Morgan fingerprint density at radius 3 is 2.78 bits per heavy atom. The standard InChI is InChI=1S/C11H18ClN5O/c1-7(2)5-17(6-9(13)18)10-8(12)4-15-11(14-3)16-10/h4,7H,5-6H2,1-3H3,(H2,13,18)(H,14,15,16). The van der Waals surface area contributed by atoms with Gasteiger partial charge in [-0.2, -0.15) is 4.98 Å². The Balaban J connectivity index is 3.06. The van der Waals surface area contributed by atoms with Gasteiger partial charge in [0.05, 0.1) is 12.7 Å². The maximum absolute atomic E-state index is 11.1. The topological polar surface area (TPSA) is 84.1 Å². The van der Waals surface area contributed by atoms with Crippen LogP contribution in [0, 0.1) is 5.92 Å². The highest BCUT2D eigenvalue weighted by Gasteiger charge is 2.16. The minimum atomic E-state index is -0.420. The van der Waals surface area contributed by atoms with Gasteiger partial charge in [0.1, 0.15) is 5.02 Å². The molecule has 18 heavy (non-hydrogen) atoms. The summed E-state index contributed by atoms with van der Waals surface area (Å²) < 4.78 is 0. The van der Waals surface area contributed by atoms with Crippen LogP contribution in [0.25, 0.3) is 0 Å². The van der Waals surface area contributed by atoms with Crippen LogP contribution in [0.5, 0.6) is 0 Å². The SMILES string of the molecule is CNc1ncc(Cl)c(N(CC(N)=O)CC(C)C)n1. The Kier molecular flexibility index (Phi) is 5.15. The third-order valence-corrected chi connectivity index (χ3v) is 2.45. The normalized spacial score (nSPS) is 10.5. The van der Waals surface area contributed by atoms with Gasteiger partial charge in [0.25, 0.3) is 0 Å². The Hall–Kier alpha value is -1.56. The summed E-state index contributed by atoms with van der Waals surface area (Å²) in [4.78, 5) is 21.1. The van der Waals surface area contributed by atoms with Crippen molar-refractivity contribution in [2.24, 2.45) is 11.7 Å². The zero-order valence-electron chi connectivity index (χ0n) is 10.8. The molecule has 1 heterocycles. The molecule has 1 amide bonds. The smallest absolute Gasteiger partial charge is 0.236 e. The number of nitrogens with zero attached hydrogens (tertiary/aromatic N) is 3. The predicted molar refractivity (Wildman–Crippen MR) is 72.8 cm³/mol. The van der Waals surface area contributed by atoms with Crippen LogP contribution in [0.15, 0.2) is 6.20 Å². The van der Waals surface area contributed by atoms with E-state index in [2.05, 4.69) is 15.3 Å². The second-order valence-electron chi connectivity index (χ2n) is 4.36. The van der Waals surface area contributed by atoms with Crippen molar-refractivity contribution in [1.82, 2.24) is 9.97 Å². The van der Waals surface area contributed by atoms with E-state index in [0.29, 0.717) is 29.3 Å². The summed E-state index contributed by atoms with van der Waals surface area (Å²) in [5, 5.41) is 3.23. The molecular weight excluding hydrogens is 254 g/mol. The van der Waals surface area contributed by atoms with Gasteiger partial charge in [0.2, 0.25) is 11.9 Å². The minimum Gasteiger partial charge on any atom is -0.368 e. The van der Waals surface area contributed by atoms with E-state index >= 15 is 0 Å². The lowest BCUT2D eigenvalue weighted by Crippen LogP contribution is -2.37. The number of amides is 1. The molecule has 0 unspecified atom stereocenters. The number of nitrogens with one attached hydrogen (secondary N) is 1. The molecule has 0 aliphatic carbocycles. The lowest BCUT2D eigenvalue weighted by atomic mass is 10.2. The van der Waals surface area contributed by atoms with E-state index < -0.39 is 5.91 Å². The first-order valence-electron chi connectivity index (χ1n) is 5.67. The lowest BCUT2D eigenvalue weighted by molar-refractivity contribution is -0.116. The zero-order chi connectivity index (χ0) is 13.7. The van der Waals surface area contributed by atoms with Crippen molar-refractivity contribution in [3.63, 3.8) is 0 Å². The van der Waals surface area contributed by atoms with Gasteiger partial charge < -0.3 is 16.0 Å². The third-order valence-electron chi connectivity index (χ3n) is 2.18.